The maximum Gasteiger partial charge on any atom is 0.190 e. The molecule has 0 unspecified atom stereocenters. The Kier molecular flexibility index (Phi) is 9.46. The molecule has 0 aromatic carbocycles. The van der Waals surface area contributed by atoms with Crippen LogP contribution in [0, 0.1) is 11.8 Å². The van der Waals surface area contributed by atoms with Crippen molar-refractivity contribution in [1.82, 2.24) is 15.5 Å². The Morgan fingerprint density at radius 1 is 1.08 bits per heavy atom. The van der Waals surface area contributed by atoms with Gasteiger partial charge in [-0.05, 0) is 57.0 Å². The van der Waals surface area contributed by atoms with Gasteiger partial charge in [0.25, 0.3) is 0 Å². The van der Waals surface area contributed by atoms with Crippen molar-refractivity contribution in [2.24, 2.45) is 16.8 Å². The minimum absolute atomic E-state index is 0.740. The number of rotatable bonds is 11. The van der Waals surface area contributed by atoms with Gasteiger partial charge in [0.2, 0.25) is 0 Å². The first kappa shape index (κ1) is 19.5. The lowest BCUT2D eigenvalue weighted by Gasteiger charge is -2.32. The highest BCUT2D eigenvalue weighted by atomic mass is 16.5. The Hall–Kier alpha value is -0.850. The van der Waals surface area contributed by atoms with Crippen molar-refractivity contribution in [3.8, 4) is 0 Å². The van der Waals surface area contributed by atoms with Gasteiger partial charge in [-0.2, -0.15) is 0 Å². The molecule has 0 bridgehead atoms. The number of nitrogens with zero attached hydrogens (tertiary/aromatic N) is 2. The predicted octanol–water partition coefficient (Wildman–Crippen LogP) is 1.33. The molecule has 6 nitrogen and oxygen atoms in total. The summed E-state index contributed by atoms with van der Waals surface area (Å²) in [6.07, 6.45) is 6.26. The fourth-order valence-electron chi connectivity index (χ4n) is 3.01. The largest absolute Gasteiger partial charge is 0.383 e. The van der Waals surface area contributed by atoms with Crippen LogP contribution in [0.5, 0.6) is 0 Å². The molecule has 6 heteroatoms. The van der Waals surface area contributed by atoms with Gasteiger partial charge in [0, 0.05) is 47.0 Å². The molecule has 0 amide bonds. The van der Waals surface area contributed by atoms with E-state index in [1.54, 1.807) is 7.11 Å². The van der Waals surface area contributed by atoms with E-state index in [0.717, 1.165) is 63.7 Å². The summed E-state index contributed by atoms with van der Waals surface area (Å²) in [5.74, 6) is 2.51. The zero-order valence-electron chi connectivity index (χ0n) is 15.6. The number of piperidine rings is 1. The zero-order valence-corrected chi connectivity index (χ0v) is 15.6. The molecule has 0 atom stereocenters. The smallest absolute Gasteiger partial charge is 0.190 e. The standard InChI is InChI=1S/C18H36N4O2/c1-19-18(20-8-3-12-24-15-17-4-5-17)21-14-16-6-9-22(10-7-16)11-13-23-2/h16-17H,3-15H2,1-2H3,(H2,19,20,21). The molecule has 140 valence electrons. The summed E-state index contributed by atoms with van der Waals surface area (Å²) in [5, 5.41) is 6.85. The van der Waals surface area contributed by atoms with Crippen molar-refractivity contribution < 1.29 is 9.47 Å². The molecule has 24 heavy (non-hydrogen) atoms. The number of aliphatic imine (C=N–C) groups is 1. The molecule has 0 aromatic heterocycles. The maximum absolute atomic E-state index is 5.65. The SMILES string of the molecule is CN=C(NCCCOCC1CC1)NCC1CCN(CCOC)CC1. The monoisotopic (exact) mass is 340 g/mol. The van der Waals surface area contributed by atoms with Gasteiger partial charge in [0.1, 0.15) is 0 Å². The van der Waals surface area contributed by atoms with Crippen LogP contribution >= 0.6 is 0 Å². The van der Waals surface area contributed by atoms with Crippen molar-refractivity contribution in [2.75, 3.05) is 66.7 Å². The minimum atomic E-state index is 0.740. The molecule has 2 N–H and O–H groups in total. The molecule has 0 radical (unpaired) electrons. The fraction of sp³-hybridized carbons (Fsp3) is 0.944. The van der Waals surface area contributed by atoms with E-state index in [1.165, 1.54) is 38.8 Å². The quantitative estimate of drug-likeness (QED) is 0.338. The number of likely N-dealkylation sites (tertiary alicyclic amines) is 1. The Balaban J connectivity index is 1.47. The summed E-state index contributed by atoms with van der Waals surface area (Å²) in [7, 11) is 3.61. The van der Waals surface area contributed by atoms with Crippen LogP contribution in [0.4, 0.5) is 0 Å². The first-order chi connectivity index (χ1) is 11.8. The highest BCUT2D eigenvalue weighted by Crippen LogP contribution is 2.28. The average Bonchev–Trinajstić information content (AvgIpc) is 3.44. The van der Waals surface area contributed by atoms with Crippen LogP contribution in [0.1, 0.15) is 32.1 Å². The van der Waals surface area contributed by atoms with Crippen LogP contribution in [0.25, 0.3) is 0 Å². The molecule has 1 saturated carbocycles. The van der Waals surface area contributed by atoms with E-state index in [2.05, 4.69) is 20.5 Å². The van der Waals surface area contributed by atoms with E-state index in [4.69, 9.17) is 9.47 Å². The molecule has 2 aliphatic rings. The summed E-state index contributed by atoms with van der Waals surface area (Å²) in [5.41, 5.74) is 0. The second kappa shape index (κ2) is 11.7. The molecular formula is C18H36N4O2. The van der Waals surface area contributed by atoms with Crippen LogP contribution in [-0.2, 0) is 9.47 Å². The van der Waals surface area contributed by atoms with Crippen LogP contribution in [0.3, 0.4) is 0 Å². The Labute approximate surface area is 147 Å². The van der Waals surface area contributed by atoms with Gasteiger partial charge in [0.15, 0.2) is 5.96 Å². The third kappa shape index (κ3) is 8.31. The number of methoxy groups -OCH3 is 1. The molecule has 0 aromatic rings. The van der Waals surface area contributed by atoms with E-state index < -0.39 is 0 Å². The van der Waals surface area contributed by atoms with Gasteiger partial charge in [-0.1, -0.05) is 0 Å². The number of ether oxygens (including phenoxy) is 2. The molecule has 1 saturated heterocycles. The Morgan fingerprint density at radius 3 is 2.54 bits per heavy atom. The second-order valence-corrected chi connectivity index (χ2v) is 7.03. The fourth-order valence-corrected chi connectivity index (χ4v) is 3.01. The first-order valence-corrected chi connectivity index (χ1v) is 9.55. The molecule has 1 aliphatic carbocycles. The topological polar surface area (TPSA) is 58.1 Å². The van der Waals surface area contributed by atoms with Crippen LogP contribution in [0.2, 0.25) is 0 Å². The predicted molar refractivity (Wildman–Crippen MR) is 98.6 cm³/mol. The average molecular weight is 341 g/mol. The molecule has 0 spiro atoms. The van der Waals surface area contributed by atoms with E-state index in [9.17, 15) is 0 Å². The van der Waals surface area contributed by atoms with E-state index >= 15 is 0 Å². The van der Waals surface area contributed by atoms with Gasteiger partial charge < -0.3 is 25.0 Å². The lowest BCUT2D eigenvalue weighted by atomic mass is 9.97. The van der Waals surface area contributed by atoms with Crippen molar-refractivity contribution in [3.63, 3.8) is 0 Å². The van der Waals surface area contributed by atoms with Gasteiger partial charge in [0.05, 0.1) is 6.61 Å². The highest BCUT2D eigenvalue weighted by molar-refractivity contribution is 5.79. The number of guanidine groups is 1. The lowest BCUT2D eigenvalue weighted by molar-refractivity contribution is 0.120. The highest BCUT2D eigenvalue weighted by Gasteiger charge is 2.21. The van der Waals surface area contributed by atoms with E-state index in [0.29, 0.717) is 0 Å². The van der Waals surface area contributed by atoms with Gasteiger partial charge in [-0.3, -0.25) is 4.99 Å². The lowest BCUT2D eigenvalue weighted by Crippen LogP contribution is -2.43. The van der Waals surface area contributed by atoms with Crippen molar-refractivity contribution in [1.29, 1.82) is 0 Å². The van der Waals surface area contributed by atoms with Gasteiger partial charge in [-0.25, -0.2) is 0 Å². The normalized spacial score (nSPS) is 20.3. The molecule has 2 fully saturated rings. The number of hydrogen-bond acceptors (Lipinski definition) is 4. The molecule has 1 heterocycles. The van der Waals surface area contributed by atoms with Crippen LogP contribution in [-0.4, -0.2) is 77.6 Å². The maximum atomic E-state index is 5.65. The first-order valence-electron chi connectivity index (χ1n) is 9.55. The summed E-state index contributed by atoms with van der Waals surface area (Å²) in [6.45, 7) is 7.99. The third-order valence-electron chi connectivity index (χ3n) is 4.91. The van der Waals surface area contributed by atoms with E-state index in [1.807, 2.05) is 7.05 Å². The van der Waals surface area contributed by atoms with Crippen LogP contribution in [0.15, 0.2) is 4.99 Å². The summed E-state index contributed by atoms with van der Waals surface area (Å²) in [4.78, 5) is 6.81. The van der Waals surface area contributed by atoms with Crippen molar-refractivity contribution in [2.45, 2.75) is 32.1 Å². The number of nitrogens with one attached hydrogen (secondary N) is 2. The van der Waals surface area contributed by atoms with E-state index in [-0.39, 0.29) is 0 Å². The molecule has 1 aliphatic heterocycles. The molecule has 2 rings (SSSR count). The summed E-state index contributed by atoms with van der Waals surface area (Å²) >= 11 is 0. The van der Waals surface area contributed by atoms with Gasteiger partial charge in [-0.15, -0.1) is 0 Å². The minimum Gasteiger partial charge on any atom is -0.383 e. The zero-order chi connectivity index (χ0) is 17.0. The summed E-state index contributed by atoms with van der Waals surface area (Å²) < 4.78 is 10.8. The van der Waals surface area contributed by atoms with Crippen molar-refractivity contribution in [3.05, 3.63) is 0 Å². The number of hydrogen-bond donors (Lipinski definition) is 2. The second-order valence-electron chi connectivity index (χ2n) is 7.03. The summed E-state index contributed by atoms with van der Waals surface area (Å²) in [6, 6.07) is 0. The molecular weight excluding hydrogens is 304 g/mol. The third-order valence-corrected chi connectivity index (χ3v) is 4.91. The van der Waals surface area contributed by atoms with Gasteiger partial charge >= 0.3 is 0 Å². The Bertz CT molecular complexity index is 353. The Morgan fingerprint density at radius 2 is 1.88 bits per heavy atom. The van der Waals surface area contributed by atoms with Crippen molar-refractivity contribution >= 4 is 5.96 Å². The van der Waals surface area contributed by atoms with Crippen LogP contribution < -0.4 is 10.6 Å².